The van der Waals surface area contributed by atoms with Gasteiger partial charge >= 0.3 is 0 Å². The zero-order chi connectivity index (χ0) is 16.5. The number of imidazole rings is 1. The van der Waals surface area contributed by atoms with Crippen molar-refractivity contribution in [1.29, 1.82) is 0 Å². The summed E-state index contributed by atoms with van der Waals surface area (Å²) in [6, 6.07) is 0. The number of aliphatic imine (C=N–C) groups is 1. The molecule has 134 valence electrons. The third-order valence-electron chi connectivity index (χ3n) is 3.57. The van der Waals surface area contributed by atoms with E-state index in [2.05, 4.69) is 42.2 Å². The highest BCUT2D eigenvalue weighted by atomic mass is 127. The SMILES string of the molecule is CCNC(=NCc1ncnn1C)NCCCCn1ccnc1C.I. The predicted octanol–water partition coefficient (Wildman–Crippen LogP) is 1.47. The van der Waals surface area contributed by atoms with E-state index < -0.39 is 0 Å². The molecule has 0 aliphatic heterocycles. The number of nitrogens with zero attached hydrogens (tertiary/aromatic N) is 6. The molecule has 2 aromatic heterocycles. The molecule has 0 unspecified atom stereocenters. The van der Waals surface area contributed by atoms with Crippen LogP contribution in [-0.2, 0) is 20.1 Å². The fraction of sp³-hybridized carbons (Fsp3) is 0.600. The molecule has 0 atom stereocenters. The minimum atomic E-state index is 0. The number of hydrogen-bond donors (Lipinski definition) is 2. The number of rotatable bonds is 8. The van der Waals surface area contributed by atoms with Gasteiger partial charge in [0.05, 0.1) is 0 Å². The van der Waals surface area contributed by atoms with Crippen molar-refractivity contribution in [2.75, 3.05) is 13.1 Å². The largest absolute Gasteiger partial charge is 0.357 e. The molecule has 0 spiro atoms. The summed E-state index contributed by atoms with van der Waals surface area (Å²) in [7, 11) is 1.87. The second-order valence-electron chi connectivity index (χ2n) is 5.30. The van der Waals surface area contributed by atoms with Gasteiger partial charge in [0.1, 0.15) is 24.5 Å². The third kappa shape index (κ3) is 6.46. The van der Waals surface area contributed by atoms with Crippen LogP contribution in [0.15, 0.2) is 23.7 Å². The molecule has 9 heteroatoms. The smallest absolute Gasteiger partial charge is 0.191 e. The van der Waals surface area contributed by atoms with Gasteiger partial charge in [0.15, 0.2) is 5.96 Å². The van der Waals surface area contributed by atoms with Crippen LogP contribution in [0.5, 0.6) is 0 Å². The molecule has 0 aliphatic rings. The molecule has 2 aromatic rings. The highest BCUT2D eigenvalue weighted by molar-refractivity contribution is 14.0. The van der Waals surface area contributed by atoms with Gasteiger partial charge in [0, 0.05) is 39.1 Å². The summed E-state index contributed by atoms with van der Waals surface area (Å²) in [5, 5.41) is 10.6. The average Bonchev–Trinajstić information content (AvgIpc) is 3.13. The lowest BCUT2D eigenvalue weighted by Gasteiger charge is -2.11. The second kappa shape index (κ2) is 11.0. The van der Waals surface area contributed by atoms with E-state index in [1.807, 2.05) is 26.4 Å². The Morgan fingerprint density at radius 2 is 2.08 bits per heavy atom. The van der Waals surface area contributed by atoms with Crippen LogP contribution < -0.4 is 10.6 Å². The van der Waals surface area contributed by atoms with Gasteiger partial charge in [0.2, 0.25) is 0 Å². The first-order valence-electron chi connectivity index (χ1n) is 8.03. The first-order valence-corrected chi connectivity index (χ1v) is 8.03. The monoisotopic (exact) mass is 446 g/mol. The molecular formula is C15H27IN8. The van der Waals surface area contributed by atoms with Crippen molar-refractivity contribution >= 4 is 29.9 Å². The van der Waals surface area contributed by atoms with Gasteiger partial charge in [-0.15, -0.1) is 24.0 Å². The molecule has 24 heavy (non-hydrogen) atoms. The topological polar surface area (TPSA) is 85.0 Å². The van der Waals surface area contributed by atoms with Crippen LogP contribution in [-0.4, -0.2) is 43.4 Å². The van der Waals surface area contributed by atoms with E-state index in [1.165, 1.54) is 0 Å². The maximum absolute atomic E-state index is 4.53. The van der Waals surface area contributed by atoms with Gasteiger partial charge in [-0.05, 0) is 26.7 Å². The zero-order valence-electron chi connectivity index (χ0n) is 14.6. The Balaban J connectivity index is 0.00000288. The maximum atomic E-state index is 4.53. The fourth-order valence-corrected chi connectivity index (χ4v) is 2.21. The van der Waals surface area contributed by atoms with Crippen LogP contribution in [0.4, 0.5) is 0 Å². The molecule has 0 aromatic carbocycles. The van der Waals surface area contributed by atoms with Gasteiger partial charge in [-0.2, -0.15) is 5.10 Å². The van der Waals surface area contributed by atoms with E-state index in [-0.39, 0.29) is 24.0 Å². The van der Waals surface area contributed by atoms with Crippen LogP contribution in [0.2, 0.25) is 0 Å². The van der Waals surface area contributed by atoms with E-state index in [1.54, 1.807) is 11.0 Å². The van der Waals surface area contributed by atoms with Gasteiger partial charge in [0.25, 0.3) is 0 Å². The van der Waals surface area contributed by atoms with Crippen molar-refractivity contribution in [1.82, 2.24) is 34.9 Å². The summed E-state index contributed by atoms with van der Waals surface area (Å²) in [6.07, 6.45) is 7.59. The van der Waals surface area contributed by atoms with Gasteiger partial charge in [-0.25, -0.2) is 15.0 Å². The van der Waals surface area contributed by atoms with Crippen LogP contribution in [0.3, 0.4) is 0 Å². The number of hydrogen-bond acceptors (Lipinski definition) is 4. The lowest BCUT2D eigenvalue weighted by Crippen LogP contribution is -2.37. The normalized spacial score (nSPS) is 11.2. The Morgan fingerprint density at radius 3 is 2.71 bits per heavy atom. The van der Waals surface area contributed by atoms with Crippen molar-refractivity contribution in [3.8, 4) is 0 Å². The molecule has 0 bridgehead atoms. The first-order chi connectivity index (χ1) is 11.2. The Bertz CT molecular complexity index is 619. The summed E-state index contributed by atoms with van der Waals surface area (Å²) < 4.78 is 3.91. The number of aromatic nitrogens is 5. The van der Waals surface area contributed by atoms with E-state index in [9.17, 15) is 0 Å². The number of halogens is 1. The number of aryl methyl sites for hydroxylation is 3. The van der Waals surface area contributed by atoms with Crippen LogP contribution in [0, 0.1) is 6.92 Å². The summed E-state index contributed by atoms with van der Waals surface area (Å²) in [5.41, 5.74) is 0. The summed E-state index contributed by atoms with van der Waals surface area (Å²) in [5.74, 6) is 2.73. The van der Waals surface area contributed by atoms with E-state index in [0.29, 0.717) is 6.54 Å². The number of unbranched alkanes of at least 4 members (excludes halogenated alkanes) is 1. The van der Waals surface area contributed by atoms with Crippen LogP contribution in [0.1, 0.15) is 31.4 Å². The van der Waals surface area contributed by atoms with Crippen molar-refractivity contribution < 1.29 is 0 Å². The van der Waals surface area contributed by atoms with Gasteiger partial charge < -0.3 is 15.2 Å². The maximum Gasteiger partial charge on any atom is 0.191 e. The van der Waals surface area contributed by atoms with Crippen molar-refractivity contribution in [3.05, 3.63) is 30.4 Å². The second-order valence-corrected chi connectivity index (χ2v) is 5.30. The summed E-state index contributed by atoms with van der Waals surface area (Å²) in [6.45, 7) is 7.32. The van der Waals surface area contributed by atoms with E-state index in [4.69, 9.17) is 0 Å². The van der Waals surface area contributed by atoms with Crippen LogP contribution in [0.25, 0.3) is 0 Å². The summed E-state index contributed by atoms with van der Waals surface area (Å²) >= 11 is 0. The predicted molar refractivity (Wildman–Crippen MR) is 105 cm³/mol. The van der Waals surface area contributed by atoms with Gasteiger partial charge in [-0.3, -0.25) is 4.68 Å². The highest BCUT2D eigenvalue weighted by Gasteiger charge is 2.01. The van der Waals surface area contributed by atoms with Crippen molar-refractivity contribution in [2.24, 2.45) is 12.0 Å². The van der Waals surface area contributed by atoms with E-state index >= 15 is 0 Å². The van der Waals surface area contributed by atoms with E-state index in [0.717, 1.165) is 50.1 Å². The van der Waals surface area contributed by atoms with Crippen molar-refractivity contribution in [3.63, 3.8) is 0 Å². The fourth-order valence-electron chi connectivity index (χ4n) is 2.21. The first kappa shape index (κ1) is 20.4. The average molecular weight is 446 g/mol. The molecule has 0 aliphatic carbocycles. The molecule has 0 radical (unpaired) electrons. The van der Waals surface area contributed by atoms with Crippen LogP contribution >= 0.6 is 24.0 Å². The Labute approximate surface area is 160 Å². The molecule has 2 N–H and O–H groups in total. The molecule has 8 nitrogen and oxygen atoms in total. The molecule has 0 fully saturated rings. The van der Waals surface area contributed by atoms with Gasteiger partial charge in [-0.1, -0.05) is 0 Å². The molecular weight excluding hydrogens is 419 g/mol. The number of guanidine groups is 1. The molecule has 0 saturated heterocycles. The lowest BCUT2D eigenvalue weighted by molar-refractivity contribution is 0.588. The number of nitrogens with one attached hydrogen (secondary N) is 2. The zero-order valence-corrected chi connectivity index (χ0v) is 16.9. The third-order valence-corrected chi connectivity index (χ3v) is 3.57. The molecule has 0 amide bonds. The molecule has 2 heterocycles. The Morgan fingerprint density at radius 1 is 1.25 bits per heavy atom. The molecule has 2 rings (SSSR count). The minimum absolute atomic E-state index is 0. The quantitative estimate of drug-likeness (QED) is 0.278. The minimum Gasteiger partial charge on any atom is -0.357 e. The Kier molecular flexibility index (Phi) is 9.35. The molecule has 0 saturated carbocycles. The highest BCUT2D eigenvalue weighted by Crippen LogP contribution is 1.99. The Hall–Kier alpha value is -1.65. The standard InChI is InChI=1S/C15H26N8.HI/c1-4-16-15(19-11-14-20-12-21-22(14)3)18-7-5-6-9-23-10-8-17-13(23)2;/h8,10,12H,4-7,9,11H2,1-3H3,(H2,16,18,19);1H. The lowest BCUT2D eigenvalue weighted by atomic mass is 10.3. The summed E-state index contributed by atoms with van der Waals surface area (Å²) in [4.78, 5) is 12.9. The van der Waals surface area contributed by atoms with Crippen molar-refractivity contribution in [2.45, 2.75) is 39.8 Å².